The second-order valence-corrected chi connectivity index (χ2v) is 5.47. The maximum absolute atomic E-state index is 5.41. The van der Waals surface area contributed by atoms with Gasteiger partial charge in [0.2, 0.25) is 0 Å². The zero-order chi connectivity index (χ0) is 14.9. The van der Waals surface area contributed by atoms with E-state index in [-0.39, 0.29) is 0 Å². The Labute approximate surface area is 129 Å². The van der Waals surface area contributed by atoms with Gasteiger partial charge in [-0.2, -0.15) is 0 Å². The fourth-order valence-electron chi connectivity index (χ4n) is 3.09. The van der Waals surface area contributed by atoms with Crippen LogP contribution in [0, 0.1) is 0 Å². The summed E-state index contributed by atoms with van der Waals surface area (Å²) in [6.45, 7) is 0.859. The van der Waals surface area contributed by atoms with E-state index in [0.29, 0.717) is 0 Å². The topological polar surface area (TPSA) is 14.2 Å². The number of ether oxygens (including phenoxy) is 1. The molecule has 0 N–H and O–H groups in total. The van der Waals surface area contributed by atoms with E-state index < -0.39 is 0 Å². The number of benzene rings is 3. The van der Waals surface area contributed by atoms with E-state index in [4.69, 9.17) is 4.74 Å². The van der Waals surface area contributed by atoms with Crippen LogP contribution in [0.3, 0.4) is 0 Å². The Balaban J connectivity index is 2.00. The first-order chi connectivity index (χ1) is 10.9. The van der Waals surface area contributed by atoms with E-state index >= 15 is 0 Å². The molecule has 0 atom stereocenters. The molecule has 108 valence electrons. The lowest BCUT2D eigenvalue weighted by Gasteiger charge is -2.08. The standard InChI is InChI=1S/C20H17NO/c1-22-16-11-12-18-17-9-5-6-10-19(17)21(20(18)13-16)14-15-7-3-2-4-8-15/h2-13H,14H2,1H3. The van der Waals surface area contributed by atoms with E-state index in [9.17, 15) is 0 Å². The van der Waals surface area contributed by atoms with Crippen molar-refractivity contribution in [1.29, 1.82) is 0 Å². The second kappa shape index (κ2) is 5.23. The van der Waals surface area contributed by atoms with Crippen molar-refractivity contribution in [1.82, 2.24) is 4.57 Å². The minimum Gasteiger partial charge on any atom is -0.497 e. The minimum absolute atomic E-state index is 0.859. The van der Waals surface area contributed by atoms with Crippen molar-refractivity contribution in [3.05, 3.63) is 78.4 Å². The molecule has 0 radical (unpaired) electrons. The molecule has 0 spiro atoms. The van der Waals surface area contributed by atoms with E-state index in [1.54, 1.807) is 7.11 Å². The molecule has 0 aliphatic rings. The molecule has 0 saturated heterocycles. The molecule has 2 nitrogen and oxygen atoms in total. The molecule has 0 amide bonds. The highest BCUT2D eigenvalue weighted by atomic mass is 16.5. The van der Waals surface area contributed by atoms with Crippen molar-refractivity contribution in [2.45, 2.75) is 6.54 Å². The molecule has 0 aliphatic carbocycles. The first-order valence-electron chi connectivity index (χ1n) is 7.46. The van der Waals surface area contributed by atoms with Gasteiger partial charge in [0.25, 0.3) is 0 Å². The summed E-state index contributed by atoms with van der Waals surface area (Å²) in [6, 6.07) is 25.4. The number of rotatable bonds is 3. The number of nitrogens with zero attached hydrogens (tertiary/aromatic N) is 1. The van der Waals surface area contributed by atoms with Crippen LogP contribution >= 0.6 is 0 Å². The van der Waals surface area contributed by atoms with E-state index in [1.165, 1.54) is 27.4 Å². The maximum atomic E-state index is 5.41. The summed E-state index contributed by atoms with van der Waals surface area (Å²) in [4.78, 5) is 0. The highest BCUT2D eigenvalue weighted by Gasteiger charge is 2.11. The lowest BCUT2D eigenvalue weighted by Crippen LogP contribution is -1.99. The third-order valence-electron chi connectivity index (χ3n) is 4.16. The van der Waals surface area contributed by atoms with Crippen molar-refractivity contribution in [3.63, 3.8) is 0 Å². The summed E-state index contributed by atoms with van der Waals surface area (Å²) in [5.74, 6) is 0.893. The monoisotopic (exact) mass is 287 g/mol. The predicted molar refractivity (Wildman–Crippen MR) is 91.5 cm³/mol. The lowest BCUT2D eigenvalue weighted by molar-refractivity contribution is 0.415. The summed E-state index contributed by atoms with van der Waals surface area (Å²) in [6.07, 6.45) is 0. The van der Waals surface area contributed by atoms with Gasteiger partial charge >= 0.3 is 0 Å². The Hall–Kier alpha value is -2.74. The highest BCUT2D eigenvalue weighted by molar-refractivity contribution is 6.08. The molecule has 1 aromatic heterocycles. The highest BCUT2D eigenvalue weighted by Crippen LogP contribution is 2.32. The Morgan fingerprint density at radius 1 is 0.773 bits per heavy atom. The SMILES string of the molecule is COc1ccc2c3ccccc3n(Cc3ccccc3)c2c1. The van der Waals surface area contributed by atoms with E-state index in [0.717, 1.165) is 12.3 Å². The molecule has 3 aromatic carbocycles. The molecule has 22 heavy (non-hydrogen) atoms. The van der Waals surface area contributed by atoms with Crippen molar-refractivity contribution in [3.8, 4) is 5.75 Å². The van der Waals surface area contributed by atoms with Crippen LogP contribution in [0.4, 0.5) is 0 Å². The fraction of sp³-hybridized carbons (Fsp3) is 0.100. The first kappa shape index (κ1) is 13.0. The van der Waals surface area contributed by atoms with Crippen LogP contribution in [0.5, 0.6) is 5.75 Å². The number of hydrogen-bond acceptors (Lipinski definition) is 1. The van der Waals surface area contributed by atoms with Gasteiger partial charge in [0.1, 0.15) is 5.75 Å². The zero-order valence-corrected chi connectivity index (χ0v) is 12.5. The molecule has 0 saturated carbocycles. The zero-order valence-electron chi connectivity index (χ0n) is 12.5. The summed E-state index contributed by atoms with van der Waals surface area (Å²) < 4.78 is 7.77. The summed E-state index contributed by atoms with van der Waals surface area (Å²) in [5.41, 5.74) is 3.77. The average molecular weight is 287 g/mol. The molecular formula is C20H17NO. The summed E-state index contributed by atoms with van der Waals surface area (Å²) in [7, 11) is 1.71. The van der Waals surface area contributed by atoms with Crippen molar-refractivity contribution in [2.75, 3.05) is 7.11 Å². The Bertz CT molecular complexity index is 938. The second-order valence-electron chi connectivity index (χ2n) is 5.47. The Morgan fingerprint density at radius 3 is 2.32 bits per heavy atom. The predicted octanol–water partition coefficient (Wildman–Crippen LogP) is 4.85. The number of fused-ring (bicyclic) bond motifs is 3. The van der Waals surface area contributed by atoms with Gasteiger partial charge in [-0.05, 0) is 23.8 Å². The molecule has 0 bridgehead atoms. The van der Waals surface area contributed by atoms with Crippen LogP contribution in [0.15, 0.2) is 72.8 Å². The molecule has 0 aliphatic heterocycles. The maximum Gasteiger partial charge on any atom is 0.120 e. The minimum atomic E-state index is 0.859. The third-order valence-corrected chi connectivity index (χ3v) is 4.16. The first-order valence-corrected chi connectivity index (χ1v) is 7.46. The molecule has 0 fully saturated rings. The van der Waals surface area contributed by atoms with Gasteiger partial charge in [-0.25, -0.2) is 0 Å². The number of para-hydroxylation sites is 1. The van der Waals surface area contributed by atoms with Gasteiger partial charge in [-0.1, -0.05) is 48.5 Å². The van der Waals surface area contributed by atoms with Gasteiger partial charge in [0.15, 0.2) is 0 Å². The van der Waals surface area contributed by atoms with E-state index in [1.807, 2.05) is 6.07 Å². The van der Waals surface area contributed by atoms with Gasteiger partial charge in [0.05, 0.1) is 12.6 Å². The Kier molecular flexibility index (Phi) is 3.08. The quantitative estimate of drug-likeness (QED) is 0.525. The van der Waals surface area contributed by atoms with Gasteiger partial charge in [0, 0.05) is 28.9 Å². The van der Waals surface area contributed by atoms with Crippen LogP contribution in [-0.2, 0) is 6.54 Å². The van der Waals surface area contributed by atoms with Crippen LogP contribution in [0.1, 0.15) is 5.56 Å². The van der Waals surface area contributed by atoms with Crippen LogP contribution in [0.2, 0.25) is 0 Å². The van der Waals surface area contributed by atoms with Crippen LogP contribution in [0.25, 0.3) is 21.8 Å². The third kappa shape index (κ3) is 2.04. The lowest BCUT2D eigenvalue weighted by atomic mass is 10.1. The fourth-order valence-corrected chi connectivity index (χ4v) is 3.09. The van der Waals surface area contributed by atoms with Crippen molar-refractivity contribution in [2.24, 2.45) is 0 Å². The average Bonchev–Trinajstić information content (AvgIpc) is 2.89. The number of hydrogen-bond donors (Lipinski definition) is 0. The molecule has 4 rings (SSSR count). The molecule has 2 heteroatoms. The molecular weight excluding hydrogens is 270 g/mol. The summed E-state index contributed by atoms with van der Waals surface area (Å²) >= 11 is 0. The number of aromatic nitrogens is 1. The molecule has 1 heterocycles. The van der Waals surface area contributed by atoms with Gasteiger partial charge in [-0.15, -0.1) is 0 Å². The molecule has 0 unspecified atom stereocenters. The smallest absolute Gasteiger partial charge is 0.120 e. The van der Waals surface area contributed by atoms with Crippen molar-refractivity contribution < 1.29 is 4.74 Å². The van der Waals surface area contributed by atoms with Crippen LogP contribution in [-0.4, -0.2) is 11.7 Å². The normalized spacial score (nSPS) is 11.1. The largest absolute Gasteiger partial charge is 0.497 e. The summed E-state index contributed by atoms with van der Waals surface area (Å²) in [5, 5.41) is 2.56. The Morgan fingerprint density at radius 2 is 1.50 bits per heavy atom. The molecule has 4 aromatic rings. The van der Waals surface area contributed by atoms with Gasteiger partial charge in [-0.3, -0.25) is 0 Å². The van der Waals surface area contributed by atoms with Gasteiger partial charge < -0.3 is 9.30 Å². The van der Waals surface area contributed by atoms with E-state index in [2.05, 4.69) is 71.3 Å². The van der Waals surface area contributed by atoms with Crippen LogP contribution < -0.4 is 4.74 Å². The number of methoxy groups -OCH3 is 1. The van der Waals surface area contributed by atoms with Crippen molar-refractivity contribution >= 4 is 21.8 Å².